The maximum absolute atomic E-state index is 13.3. The maximum Gasteiger partial charge on any atom is 0.387 e. The summed E-state index contributed by atoms with van der Waals surface area (Å²) in [4.78, 5) is 3.91. The summed E-state index contributed by atoms with van der Waals surface area (Å²) < 4.78 is 42.0. The van der Waals surface area contributed by atoms with E-state index in [1.807, 2.05) is 0 Å². The number of ether oxygens (including phenoxy) is 1. The standard InChI is InChI=1S/C10H7BrF3N3OS/c1-19-10(16-4-15)17-7-2-5(11)6(12)3-8(7)18-9(13)14/h2-3,9H,1H3,(H,16,17). The van der Waals surface area contributed by atoms with Crippen molar-refractivity contribution in [1.82, 2.24) is 5.32 Å². The van der Waals surface area contributed by atoms with Crippen LogP contribution >= 0.6 is 27.7 Å². The van der Waals surface area contributed by atoms with Gasteiger partial charge in [0.05, 0.1) is 4.47 Å². The number of amidine groups is 1. The molecule has 1 N–H and O–H groups in total. The van der Waals surface area contributed by atoms with E-state index in [1.54, 1.807) is 12.4 Å². The largest absolute Gasteiger partial charge is 0.432 e. The molecule has 0 saturated heterocycles. The molecule has 0 atom stereocenters. The van der Waals surface area contributed by atoms with E-state index in [-0.39, 0.29) is 15.3 Å². The first kappa shape index (κ1) is 15.7. The number of benzene rings is 1. The molecule has 0 aliphatic rings. The van der Waals surface area contributed by atoms with Crippen molar-refractivity contribution in [2.24, 2.45) is 4.99 Å². The molecule has 0 unspecified atom stereocenters. The average Bonchev–Trinajstić information content (AvgIpc) is 2.34. The smallest absolute Gasteiger partial charge is 0.387 e. The third-order valence-corrected chi connectivity index (χ3v) is 2.98. The van der Waals surface area contributed by atoms with Gasteiger partial charge in [0.2, 0.25) is 0 Å². The summed E-state index contributed by atoms with van der Waals surface area (Å²) >= 11 is 4.01. The molecule has 0 aliphatic heterocycles. The normalized spacial score (nSPS) is 11.3. The molecule has 1 aromatic carbocycles. The highest BCUT2D eigenvalue weighted by Gasteiger charge is 2.14. The van der Waals surface area contributed by atoms with E-state index >= 15 is 0 Å². The Kier molecular flexibility index (Phi) is 5.98. The molecule has 0 aliphatic carbocycles. The summed E-state index contributed by atoms with van der Waals surface area (Å²) in [5.74, 6) is -1.17. The molecule has 9 heteroatoms. The van der Waals surface area contributed by atoms with E-state index in [1.165, 1.54) is 6.07 Å². The van der Waals surface area contributed by atoms with Gasteiger partial charge in [0.15, 0.2) is 17.1 Å². The van der Waals surface area contributed by atoms with Gasteiger partial charge in [0, 0.05) is 6.07 Å². The lowest BCUT2D eigenvalue weighted by Crippen LogP contribution is -2.12. The molecule has 1 aromatic rings. The number of nitriles is 1. The van der Waals surface area contributed by atoms with Crippen LogP contribution in [0.5, 0.6) is 5.75 Å². The van der Waals surface area contributed by atoms with Gasteiger partial charge in [-0.1, -0.05) is 11.8 Å². The van der Waals surface area contributed by atoms with E-state index in [9.17, 15) is 13.2 Å². The highest BCUT2D eigenvalue weighted by Crippen LogP contribution is 2.34. The molecule has 19 heavy (non-hydrogen) atoms. The molecule has 0 radical (unpaired) electrons. The number of hydrogen-bond donors (Lipinski definition) is 1. The number of nitrogens with zero attached hydrogens (tertiary/aromatic N) is 2. The average molecular weight is 354 g/mol. The second-order valence-corrected chi connectivity index (χ2v) is 4.62. The Morgan fingerprint density at radius 2 is 2.26 bits per heavy atom. The first-order chi connectivity index (χ1) is 8.97. The second-order valence-electron chi connectivity index (χ2n) is 2.97. The molecule has 1 rings (SSSR count). The van der Waals surface area contributed by atoms with Gasteiger partial charge in [-0.2, -0.15) is 14.0 Å². The Hall–Kier alpha value is -1.40. The Balaban J connectivity index is 3.24. The van der Waals surface area contributed by atoms with Crippen LogP contribution in [0.1, 0.15) is 0 Å². The van der Waals surface area contributed by atoms with Crippen LogP contribution in [0.25, 0.3) is 0 Å². The second kappa shape index (κ2) is 7.25. The van der Waals surface area contributed by atoms with Crippen LogP contribution in [-0.2, 0) is 0 Å². The number of hydrogen-bond acceptors (Lipinski definition) is 4. The molecule has 4 nitrogen and oxygen atoms in total. The highest BCUT2D eigenvalue weighted by molar-refractivity contribution is 9.10. The number of rotatable bonds is 3. The van der Waals surface area contributed by atoms with Crippen molar-refractivity contribution in [1.29, 1.82) is 5.26 Å². The molecule has 0 aromatic heterocycles. The van der Waals surface area contributed by atoms with Crippen LogP contribution in [-0.4, -0.2) is 18.0 Å². The van der Waals surface area contributed by atoms with Crippen molar-refractivity contribution < 1.29 is 17.9 Å². The maximum atomic E-state index is 13.3. The minimum atomic E-state index is -3.10. The Morgan fingerprint density at radius 1 is 1.58 bits per heavy atom. The van der Waals surface area contributed by atoms with Crippen LogP contribution in [0.3, 0.4) is 0 Å². The molecule has 0 heterocycles. The lowest BCUT2D eigenvalue weighted by molar-refractivity contribution is -0.0495. The lowest BCUT2D eigenvalue weighted by atomic mass is 10.3. The minimum absolute atomic E-state index is 0.0272. The van der Waals surface area contributed by atoms with Crippen LogP contribution < -0.4 is 10.1 Å². The molecule has 0 bridgehead atoms. The van der Waals surface area contributed by atoms with Crippen molar-refractivity contribution in [2.45, 2.75) is 6.61 Å². The van der Waals surface area contributed by atoms with Crippen LogP contribution in [0.2, 0.25) is 0 Å². The predicted octanol–water partition coefficient (Wildman–Crippen LogP) is 3.61. The van der Waals surface area contributed by atoms with E-state index in [0.29, 0.717) is 0 Å². The fourth-order valence-electron chi connectivity index (χ4n) is 1.08. The van der Waals surface area contributed by atoms with E-state index in [0.717, 1.165) is 17.8 Å². The zero-order valence-corrected chi connectivity index (χ0v) is 11.9. The van der Waals surface area contributed by atoms with Crippen LogP contribution in [0, 0.1) is 17.3 Å². The van der Waals surface area contributed by atoms with Gasteiger partial charge in [-0.25, -0.2) is 9.38 Å². The van der Waals surface area contributed by atoms with Crippen molar-refractivity contribution in [3.63, 3.8) is 0 Å². The Morgan fingerprint density at radius 3 is 2.79 bits per heavy atom. The van der Waals surface area contributed by atoms with Gasteiger partial charge in [0.25, 0.3) is 0 Å². The zero-order chi connectivity index (χ0) is 14.4. The SMILES string of the molecule is CSC(=Nc1cc(Br)c(F)cc1OC(F)F)NC#N. The molecule has 102 valence electrons. The van der Waals surface area contributed by atoms with E-state index in [2.05, 4.69) is 31.0 Å². The number of aliphatic imine (C=N–C) groups is 1. The third kappa shape index (κ3) is 4.65. The summed E-state index contributed by atoms with van der Waals surface area (Å²) in [7, 11) is 0. The first-order valence-electron chi connectivity index (χ1n) is 4.69. The molecule has 0 spiro atoms. The molecule has 0 saturated carbocycles. The quantitative estimate of drug-likeness (QED) is 0.390. The Bertz CT molecular complexity index is 533. The van der Waals surface area contributed by atoms with Crippen molar-refractivity contribution in [3.8, 4) is 11.9 Å². The molecular formula is C10H7BrF3N3OS. The molecular weight excluding hydrogens is 347 g/mol. The summed E-state index contributed by atoms with van der Waals surface area (Å²) in [6.45, 7) is -3.10. The van der Waals surface area contributed by atoms with E-state index in [4.69, 9.17) is 5.26 Å². The van der Waals surface area contributed by atoms with Crippen LogP contribution in [0.15, 0.2) is 21.6 Å². The van der Waals surface area contributed by atoms with Crippen molar-refractivity contribution in [3.05, 3.63) is 22.4 Å². The van der Waals surface area contributed by atoms with Gasteiger partial charge in [-0.3, -0.25) is 5.32 Å². The first-order valence-corrected chi connectivity index (χ1v) is 6.71. The summed E-state index contributed by atoms with van der Waals surface area (Å²) in [6.07, 6.45) is 3.28. The summed E-state index contributed by atoms with van der Waals surface area (Å²) in [5, 5.41) is 10.9. The van der Waals surface area contributed by atoms with Crippen LogP contribution in [0.4, 0.5) is 18.9 Å². The van der Waals surface area contributed by atoms with E-state index < -0.39 is 18.2 Å². The summed E-state index contributed by atoms with van der Waals surface area (Å²) in [6, 6.07) is 1.97. The van der Waals surface area contributed by atoms with Crippen molar-refractivity contribution in [2.75, 3.05) is 6.26 Å². The molecule has 0 amide bonds. The fourth-order valence-corrected chi connectivity index (χ4v) is 1.75. The predicted molar refractivity (Wildman–Crippen MR) is 70.1 cm³/mol. The highest BCUT2D eigenvalue weighted by atomic mass is 79.9. The Labute approximate surface area is 119 Å². The van der Waals surface area contributed by atoms with Crippen molar-refractivity contribution >= 4 is 38.5 Å². The zero-order valence-electron chi connectivity index (χ0n) is 9.45. The van der Waals surface area contributed by atoms with Gasteiger partial charge in [-0.05, 0) is 28.3 Å². The minimum Gasteiger partial charge on any atom is -0.432 e. The summed E-state index contributed by atoms with van der Waals surface area (Å²) in [5.41, 5.74) is -0.0272. The van der Waals surface area contributed by atoms with Gasteiger partial charge in [-0.15, -0.1) is 0 Å². The number of alkyl halides is 2. The van der Waals surface area contributed by atoms with Gasteiger partial charge in [0.1, 0.15) is 11.5 Å². The van der Waals surface area contributed by atoms with Gasteiger partial charge >= 0.3 is 6.61 Å². The topological polar surface area (TPSA) is 57.4 Å². The fraction of sp³-hybridized carbons (Fsp3) is 0.200. The third-order valence-electron chi connectivity index (χ3n) is 1.80. The molecule has 0 fully saturated rings. The number of halogens is 4. The number of nitrogens with one attached hydrogen (secondary N) is 1. The number of thioether (sulfide) groups is 1. The van der Waals surface area contributed by atoms with Gasteiger partial charge < -0.3 is 4.74 Å². The lowest BCUT2D eigenvalue weighted by Gasteiger charge is -2.09. The monoisotopic (exact) mass is 353 g/mol.